The number of hydrogen-bond donors (Lipinski definition) is 2. The van der Waals surface area contributed by atoms with E-state index in [0.717, 1.165) is 11.3 Å². The Bertz CT molecular complexity index is 1060. The average molecular weight is 402 g/mol. The summed E-state index contributed by atoms with van der Waals surface area (Å²) >= 11 is 7.08. The van der Waals surface area contributed by atoms with Crippen LogP contribution in [-0.2, 0) is 4.79 Å². The van der Waals surface area contributed by atoms with Gasteiger partial charge in [-0.05, 0) is 29.3 Å². The van der Waals surface area contributed by atoms with Gasteiger partial charge in [-0.3, -0.25) is 4.79 Å². The summed E-state index contributed by atoms with van der Waals surface area (Å²) in [5.74, 6) is -2.45. The van der Waals surface area contributed by atoms with Crippen LogP contribution in [0, 0.1) is 5.82 Å². The molecule has 1 aliphatic rings. The Morgan fingerprint density at radius 1 is 1.22 bits per heavy atom. The number of aromatic carboxylic acids is 1. The Morgan fingerprint density at radius 3 is 2.67 bits per heavy atom. The summed E-state index contributed by atoms with van der Waals surface area (Å²) in [6.45, 7) is 0. The number of carbonyl (C=O) groups excluding carboxylic acids is 1. The number of fused-ring (bicyclic) bond motifs is 1. The molecule has 0 spiro atoms. The van der Waals surface area contributed by atoms with Crippen molar-refractivity contribution in [1.82, 2.24) is 0 Å². The van der Waals surface area contributed by atoms with Gasteiger partial charge >= 0.3 is 5.97 Å². The topological polar surface area (TPSA) is 66.4 Å². The first-order chi connectivity index (χ1) is 13.0. The van der Waals surface area contributed by atoms with Crippen LogP contribution in [0.15, 0.2) is 48.5 Å². The van der Waals surface area contributed by atoms with Gasteiger partial charge in [-0.15, -0.1) is 11.3 Å². The van der Waals surface area contributed by atoms with E-state index in [4.69, 9.17) is 11.6 Å². The monoisotopic (exact) mass is 401 g/mol. The van der Waals surface area contributed by atoms with Crippen LogP contribution in [0.5, 0.6) is 0 Å². The molecular formula is C20H13ClFNO3S. The number of carboxylic acids is 1. The zero-order valence-corrected chi connectivity index (χ0v) is 15.4. The van der Waals surface area contributed by atoms with E-state index >= 15 is 0 Å². The highest BCUT2D eigenvalue weighted by atomic mass is 35.5. The van der Waals surface area contributed by atoms with Crippen LogP contribution in [0.25, 0.3) is 11.1 Å². The first-order valence-electron chi connectivity index (χ1n) is 8.16. The van der Waals surface area contributed by atoms with Gasteiger partial charge in [0.15, 0.2) is 0 Å². The van der Waals surface area contributed by atoms with Gasteiger partial charge in [-0.25, -0.2) is 9.18 Å². The molecule has 4 nitrogen and oxygen atoms in total. The van der Waals surface area contributed by atoms with Gasteiger partial charge < -0.3 is 10.4 Å². The Labute approximate surface area is 163 Å². The van der Waals surface area contributed by atoms with Crippen molar-refractivity contribution in [1.29, 1.82) is 0 Å². The van der Waals surface area contributed by atoms with E-state index < -0.39 is 17.7 Å². The lowest BCUT2D eigenvalue weighted by atomic mass is 9.88. The molecule has 7 heteroatoms. The second-order valence-corrected chi connectivity index (χ2v) is 7.68. The predicted octanol–water partition coefficient (Wildman–Crippen LogP) is 5.38. The third-order valence-electron chi connectivity index (χ3n) is 4.50. The maximum atomic E-state index is 14.5. The van der Waals surface area contributed by atoms with E-state index in [-0.39, 0.29) is 22.8 Å². The molecule has 2 aromatic carbocycles. The molecule has 0 saturated carbocycles. The third kappa shape index (κ3) is 3.11. The Kier molecular flexibility index (Phi) is 4.45. The maximum Gasteiger partial charge on any atom is 0.346 e. The Morgan fingerprint density at radius 2 is 1.96 bits per heavy atom. The molecule has 2 heterocycles. The number of carbonyl (C=O) groups is 2. The molecule has 0 saturated heterocycles. The average Bonchev–Trinajstić information content (AvgIpc) is 3.03. The van der Waals surface area contributed by atoms with Crippen molar-refractivity contribution in [2.45, 2.75) is 12.3 Å². The second kappa shape index (κ2) is 6.79. The fraction of sp³-hybridized carbons (Fsp3) is 0.100. The van der Waals surface area contributed by atoms with Gasteiger partial charge in [-0.2, -0.15) is 0 Å². The van der Waals surface area contributed by atoms with E-state index in [0.29, 0.717) is 26.7 Å². The minimum Gasteiger partial charge on any atom is -0.477 e. The smallest absolute Gasteiger partial charge is 0.346 e. The van der Waals surface area contributed by atoms with Crippen LogP contribution in [0.3, 0.4) is 0 Å². The Hall–Kier alpha value is -2.70. The van der Waals surface area contributed by atoms with Crippen molar-refractivity contribution >= 4 is 40.5 Å². The van der Waals surface area contributed by atoms with Crippen LogP contribution in [0.1, 0.15) is 32.5 Å². The summed E-state index contributed by atoms with van der Waals surface area (Å²) in [6, 6.07) is 13.2. The van der Waals surface area contributed by atoms with E-state index in [1.54, 1.807) is 24.3 Å². The molecule has 1 atom stereocenters. The molecule has 4 rings (SSSR count). The number of rotatable bonds is 3. The largest absolute Gasteiger partial charge is 0.477 e. The lowest BCUT2D eigenvalue weighted by Gasteiger charge is -2.24. The number of halogens is 2. The summed E-state index contributed by atoms with van der Waals surface area (Å²) < 4.78 is 14.5. The Balaban J connectivity index is 1.97. The van der Waals surface area contributed by atoms with Gasteiger partial charge in [-0.1, -0.05) is 41.9 Å². The zero-order chi connectivity index (χ0) is 19.1. The highest BCUT2D eigenvalue weighted by Crippen LogP contribution is 2.49. The maximum absolute atomic E-state index is 14.5. The minimum absolute atomic E-state index is 0.0259. The normalized spacial score (nSPS) is 15.9. The number of benzene rings is 2. The SMILES string of the molecule is O=C1C[C@H](c2cc(Cl)ccc2F)c2sc(C(=O)O)c(-c3ccccc3)c2N1. The fourth-order valence-corrected chi connectivity index (χ4v) is 4.77. The van der Waals surface area contributed by atoms with Gasteiger partial charge in [0, 0.05) is 27.8 Å². The number of hydrogen-bond acceptors (Lipinski definition) is 3. The molecular weight excluding hydrogens is 389 g/mol. The molecule has 3 aromatic rings. The van der Waals surface area contributed by atoms with Crippen LogP contribution in [0.4, 0.5) is 10.1 Å². The lowest BCUT2D eigenvalue weighted by molar-refractivity contribution is -0.116. The van der Waals surface area contributed by atoms with Crippen molar-refractivity contribution in [3.8, 4) is 11.1 Å². The third-order valence-corrected chi connectivity index (χ3v) is 6.02. The molecule has 0 unspecified atom stereocenters. The highest BCUT2D eigenvalue weighted by molar-refractivity contribution is 7.15. The lowest BCUT2D eigenvalue weighted by Crippen LogP contribution is -2.23. The van der Waals surface area contributed by atoms with Gasteiger partial charge in [0.25, 0.3) is 0 Å². The molecule has 136 valence electrons. The van der Waals surface area contributed by atoms with Crippen LogP contribution in [-0.4, -0.2) is 17.0 Å². The van der Waals surface area contributed by atoms with E-state index in [1.165, 1.54) is 18.2 Å². The first-order valence-corrected chi connectivity index (χ1v) is 9.35. The van der Waals surface area contributed by atoms with E-state index in [1.807, 2.05) is 6.07 Å². The number of carboxylic acid groups (broad SMARTS) is 1. The molecule has 0 aliphatic carbocycles. The molecule has 0 radical (unpaired) electrons. The van der Waals surface area contributed by atoms with Crippen molar-refractivity contribution < 1.29 is 19.1 Å². The summed E-state index contributed by atoms with van der Waals surface area (Å²) in [4.78, 5) is 24.9. The molecule has 1 aromatic heterocycles. The van der Waals surface area contributed by atoms with Gasteiger partial charge in [0.2, 0.25) is 5.91 Å². The molecule has 27 heavy (non-hydrogen) atoms. The van der Waals surface area contributed by atoms with Crippen molar-refractivity contribution in [2.24, 2.45) is 0 Å². The second-order valence-electron chi connectivity index (χ2n) is 6.19. The van der Waals surface area contributed by atoms with Crippen molar-refractivity contribution in [3.05, 3.63) is 74.7 Å². The predicted molar refractivity (Wildman–Crippen MR) is 103 cm³/mol. The van der Waals surface area contributed by atoms with Crippen molar-refractivity contribution in [2.75, 3.05) is 5.32 Å². The molecule has 1 aliphatic heterocycles. The summed E-state index contributed by atoms with van der Waals surface area (Å²) in [5.41, 5.74) is 1.85. The van der Waals surface area contributed by atoms with E-state index in [9.17, 15) is 19.1 Å². The first kappa shape index (κ1) is 17.7. The van der Waals surface area contributed by atoms with Crippen LogP contribution < -0.4 is 5.32 Å². The summed E-state index contributed by atoms with van der Waals surface area (Å²) in [6.07, 6.45) is 0.0259. The quantitative estimate of drug-likeness (QED) is 0.619. The van der Waals surface area contributed by atoms with Crippen molar-refractivity contribution in [3.63, 3.8) is 0 Å². The highest BCUT2D eigenvalue weighted by Gasteiger charge is 2.35. The number of anilines is 1. The van der Waals surface area contributed by atoms with E-state index in [2.05, 4.69) is 5.32 Å². The summed E-state index contributed by atoms with van der Waals surface area (Å²) in [7, 11) is 0. The number of thiophene rings is 1. The molecule has 0 bridgehead atoms. The number of nitrogens with one attached hydrogen (secondary N) is 1. The van der Waals surface area contributed by atoms with Crippen LogP contribution >= 0.6 is 22.9 Å². The minimum atomic E-state index is -1.09. The van der Waals surface area contributed by atoms with Gasteiger partial charge in [0.1, 0.15) is 10.7 Å². The van der Waals surface area contributed by atoms with Gasteiger partial charge in [0.05, 0.1) is 5.69 Å². The molecule has 2 N–H and O–H groups in total. The fourth-order valence-electron chi connectivity index (χ4n) is 3.35. The standard InChI is InChI=1S/C20H13ClFNO3S/c21-11-6-7-14(22)12(8-11)13-9-15(24)23-17-16(10-4-2-1-3-5-10)19(20(25)26)27-18(13)17/h1-8,13H,9H2,(H,23,24)(H,25,26)/t13-/m1/s1. The summed E-state index contributed by atoms with van der Waals surface area (Å²) in [5, 5.41) is 12.8. The molecule has 0 fully saturated rings. The van der Waals surface area contributed by atoms with Crippen LogP contribution in [0.2, 0.25) is 5.02 Å². The zero-order valence-electron chi connectivity index (χ0n) is 13.8. The molecule has 1 amide bonds. The number of amides is 1.